The van der Waals surface area contributed by atoms with Crippen molar-refractivity contribution in [2.24, 2.45) is 0 Å². The maximum absolute atomic E-state index is 13.7. The van der Waals surface area contributed by atoms with Gasteiger partial charge in [0.05, 0.1) is 11.6 Å². The number of benzene rings is 3. The molecule has 3 aromatic carbocycles. The summed E-state index contributed by atoms with van der Waals surface area (Å²) in [5.41, 5.74) is 2.65. The van der Waals surface area contributed by atoms with E-state index in [0.717, 1.165) is 11.1 Å². The van der Waals surface area contributed by atoms with Gasteiger partial charge in [-0.25, -0.2) is 4.39 Å². The molecular formula is C24H24Cl2FNO2. The van der Waals surface area contributed by atoms with Gasteiger partial charge in [-0.15, -0.1) is 0 Å². The predicted octanol–water partition coefficient (Wildman–Crippen LogP) is 6.44. The van der Waals surface area contributed by atoms with Gasteiger partial charge >= 0.3 is 0 Å². The van der Waals surface area contributed by atoms with Gasteiger partial charge in [0.25, 0.3) is 0 Å². The first-order valence-corrected chi connectivity index (χ1v) is 10.6. The van der Waals surface area contributed by atoms with Crippen molar-refractivity contribution in [3.8, 4) is 11.5 Å². The SMILES string of the molecule is CCOc1cc(CNCCc2ccccc2F)cc(Cl)c1OCc1ccc(Cl)cc1. The molecule has 0 aromatic heterocycles. The van der Waals surface area contributed by atoms with Crippen LogP contribution >= 0.6 is 23.2 Å². The van der Waals surface area contributed by atoms with E-state index in [-0.39, 0.29) is 5.82 Å². The highest BCUT2D eigenvalue weighted by Crippen LogP contribution is 2.37. The molecule has 1 N–H and O–H groups in total. The summed E-state index contributed by atoms with van der Waals surface area (Å²) < 4.78 is 25.4. The summed E-state index contributed by atoms with van der Waals surface area (Å²) >= 11 is 12.4. The average molecular weight is 448 g/mol. The molecule has 158 valence electrons. The van der Waals surface area contributed by atoms with E-state index in [0.29, 0.717) is 59.8 Å². The lowest BCUT2D eigenvalue weighted by molar-refractivity contribution is 0.269. The van der Waals surface area contributed by atoms with Gasteiger partial charge < -0.3 is 14.8 Å². The molecule has 0 unspecified atom stereocenters. The van der Waals surface area contributed by atoms with Gasteiger partial charge in [-0.1, -0.05) is 53.5 Å². The highest BCUT2D eigenvalue weighted by Gasteiger charge is 2.13. The average Bonchev–Trinajstić information content (AvgIpc) is 2.73. The van der Waals surface area contributed by atoms with Crippen LogP contribution in [0.3, 0.4) is 0 Å². The summed E-state index contributed by atoms with van der Waals surface area (Å²) in [6, 6.07) is 18.0. The van der Waals surface area contributed by atoms with Crippen molar-refractivity contribution in [3.05, 3.63) is 93.2 Å². The first kappa shape index (κ1) is 22.4. The van der Waals surface area contributed by atoms with Crippen LogP contribution in [0.25, 0.3) is 0 Å². The summed E-state index contributed by atoms with van der Waals surface area (Å²) in [5, 5.41) is 4.49. The van der Waals surface area contributed by atoms with Gasteiger partial charge in [0.1, 0.15) is 12.4 Å². The lowest BCUT2D eigenvalue weighted by atomic mass is 10.1. The summed E-state index contributed by atoms with van der Waals surface area (Å²) in [6.07, 6.45) is 0.612. The van der Waals surface area contributed by atoms with E-state index in [1.54, 1.807) is 12.1 Å². The molecule has 0 aliphatic heterocycles. The monoisotopic (exact) mass is 447 g/mol. The van der Waals surface area contributed by atoms with Gasteiger partial charge in [-0.2, -0.15) is 0 Å². The van der Waals surface area contributed by atoms with E-state index in [2.05, 4.69) is 5.32 Å². The lowest BCUT2D eigenvalue weighted by Crippen LogP contribution is -2.17. The Hall–Kier alpha value is -2.27. The van der Waals surface area contributed by atoms with Crippen LogP contribution in [0.5, 0.6) is 11.5 Å². The van der Waals surface area contributed by atoms with Gasteiger partial charge in [-0.3, -0.25) is 0 Å². The van der Waals surface area contributed by atoms with E-state index in [1.807, 2.05) is 49.4 Å². The third-order valence-corrected chi connectivity index (χ3v) is 5.06. The molecule has 0 heterocycles. The minimum absolute atomic E-state index is 0.178. The maximum atomic E-state index is 13.7. The van der Waals surface area contributed by atoms with E-state index >= 15 is 0 Å². The molecule has 3 nitrogen and oxygen atoms in total. The molecule has 0 atom stereocenters. The first-order valence-electron chi connectivity index (χ1n) is 9.83. The van der Waals surface area contributed by atoms with Gasteiger partial charge in [0.15, 0.2) is 11.5 Å². The minimum Gasteiger partial charge on any atom is -0.490 e. The summed E-state index contributed by atoms with van der Waals surface area (Å²) in [7, 11) is 0. The Labute approximate surface area is 186 Å². The number of halogens is 3. The van der Waals surface area contributed by atoms with Crippen LogP contribution in [0.15, 0.2) is 60.7 Å². The Morgan fingerprint density at radius 3 is 2.43 bits per heavy atom. The molecule has 0 bridgehead atoms. The van der Waals surface area contributed by atoms with Crippen LogP contribution in [0, 0.1) is 5.82 Å². The fourth-order valence-corrected chi connectivity index (χ4v) is 3.43. The van der Waals surface area contributed by atoms with Gasteiger partial charge in [0.2, 0.25) is 0 Å². The normalized spacial score (nSPS) is 10.8. The van der Waals surface area contributed by atoms with Crippen molar-refractivity contribution in [1.29, 1.82) is 0 Å². The minimum atomic E-state index is -0.178. The number of ether oxygens (including phenoxy) is 2. The van der Waals surface area contributed by atoms with Crippen molar-refractivity contribution in [1.82, 2.24) is 5.32 Å². The molecule has 6 heteroatoms. The molecule has 0 aliphatic carbocycles. The van der Waals surface area contributed by atoms with E-state index in [1.165, 1.54) is 6.07 Å². The van der Waals surface area contributed by atoms with Crippen LogP contribution in [-0.4, -0.2) is 13.2 Å². The lowest BCUT2D eigenvalue weighted by Gasteiger charge is -2.16. The zero-order valence-corrected chi connectivity index (χ0v) is 18.3. The standard InChI is InChI=1S/C24H24Cl2FNO2/c1-2-29-23-14-18(15-28-12-11-19-5-3-4-6-22(19)27)13-21(26)24(23)30-16-17-7-9-20(25)10-8-17/h3-10,13-14,28H,2,11-12,15-16H2,1H3. The molecular weight excluding hydrogens is 424 g/mol. The van der Waals surface area contributed by atoms with Gasteiger partial charge in [0, 0.05) is 11.6 Å². The predicted molar refractivity (Wildman–Crippen MR) is 120 cm³/mol. The zero-order valence-electron chi connectivity index (χ0n) is 16.8. The summed E-state index contributed by atoms with van der Waals surface area (Å²) in [4.78, 5) is 0. The topological polar surface area (TPSA) is 30.5 Å². The molecule has 0 amide bonds. The molecule has 0 spiro atoms. The van der Waals surface area contributed by atoms with Crippen LogP contribution in [0.2, 0.25) is 10.0 Å². The molecule has 3 rings (SSSR count). The largest absolute Gasteiger partial charge is 0.490 e. The third kappa shape index (κ3) is 6.36. The van der Waals surface area contributed by atoms with E-state index < -0.39 is 0 Å². The molecule has 3 aromatic rings. The number of hydrogen-bond acceptors (Lipinski definition) is 3. The molecule has 0 fully saturated rings. The van der Waals surface area contributed by atoms with Gasteiger partial charge in [-0.05, 0) is 66.9 Å². The Bertz CT molecular complexity index is 964. The fourth-order valence-electron chi connectivity index (χ4n) is 3.02. The highest BCUT2D eigenvalue weighted by molar-refractivity contribution is 6.32. The Morgan fingerprint density at radius 2 is 1.70 bits per heavy atom. The van der Waals surface area contributed by atoms with Crippen molar-refractivity contribution >= 4 is 23.2 Å². The molecule has 0 saturated carbocycles. The highest BCUT2D eigenvalue weighted by atomic mass is 35.5. The second-order valence-electron chi connectivity index (χ2n) is 6.77. The van der Waals surface area contributed by atoms with Crippen molar-refractivity contribution < 1.29 is 13.9 Å². The number of rotatable bonds is 10. The third-order valence-electron chi connectivity index (χ3n) is 4.52. The second kappa shape index (κ2) is 11.2. The summed E-state index contributed by atoms with van der Waals surface area (Å²) in [6.45, 7) is 4.01. The smallest absolute Gasteiger partial charge is 0.180 e. The Balaban J connectivity index is 1.61. The maximum Gasteiger partial charge on any atom is 0.180 e. The first-order chi connectivity index (χ1) is 14.6. The quantitative estimate of drug-likeness (QED) is 0.362. The molecule has 0 aliphatic rings. The Kier molecular flexibility index (Phi) is 8.38. The Morgan fingerprint density at radius 1 is 0.933 bits per heavy atom. The number of hydrogen-bond donors (Lipinski definition) is 1. The second-order valence-corrected chi connectivity index (χ2v) is 7.61. The summed E-state index contributed by atoms with van der Waals surface area (Å²) in [5.74, 6) is 0.941. The number of nitrogens with one attached hydrogen (secondary N) is 1. The molecule has 0 saturated heterocycles. The van der Waals surface area contributed by atoms with Crippen molar-refractivity contribution in [2.45, 2.75) is 26.5 Å². The molecule has 0 radical (unpaired) electrons. The fraction of sp³-hybridized carbons (Fsp3) is 0.250. The van der Waals surface area contributed by atoms with Crippen LogP contribution in [0.1, 0.15) is 23.6 Å². The van der Waals surface area contributed by atoms with Crippen molar-refractivity contribution in [2.75, 3.05) is 13.2 Å². The van der Waals surface area contributed by atoms with Crippen LogP contribution in [0.4, 0.5) is 4.39 Å². The zero-order chi connectivity index (χ0) is 21.3. The van der Waals surface area contributed by atoms with Crippen molar-refractivity contribution in [3.63, 3.8) is 0 Å². The van der Waals surface area contributed by atoms with E-state index in [4.69, 9.17) is 32.7 Å². The van der Waals surface area contributed by atoms with Crippen LogP contribution in [-0.2, 0) is 19.6 Å². The van der Waals surface area contributed by atoms with E-state index in [9.17, 15) is 4.39 Å². The molecule has 30 heavy (non-hydrogen) atoms. The van der Waals surface area contributed by atoms with Crippen LogP contribution < -0.4 is 14.8 Å².